The normalized spacial score (nSPS) is 11.8. The Labute approximate surface area is 123 Å². The monoisotopic (exact) mass is 311 g/mol. The van der Waals surface area contributed by atoms with E-state index in [1.807, 2.05) is 18.0 Å². The minimum atomic E-state index is -3.21. The minimum absolute atomic E-state index is 0.285. The molecule has 1 aromatic heterocycles. The van der Waals surface area contributed by atoms with E-state index in [4.69, 9.17) is 0 Å². The summed E-state index contributed by atoms with van der Waals surface area (Å²) in [7, 11) is -1.37. The number of nitrogens with one attached hydrogen (secondary N) is 1. The molecule has 21 heavy (non-hydrogen) atoms. The lowest BCUT2D eigenvalue weighted by atomic mass is 10.1. The molecule has 0 unspecified atom stereocenters. The van der Waals surface area contributed by atoms with Crippen LogP contribution in [0.15, 0.2) is 24.3 Å². The van der Waals surface area contributed by atoms with Crippen LogP contribution in [0, 0.1) is 12.7 Å². The highest BCUT2D eigenvalue weighted by Crippen LogP contribution is 2.27. The molecular weight excluding hydrogens is 293 g/mol. The highest BCUT2D eigenvalue weighted by molar-refractivity contribution is 7.88. The molecule has 0 bridgehead atoms. The maximum atomic E-state index is 13.8. The third kappa shape index (κ3) is 3.89. The third-order valence-corrected chi connectivity index (χ3v) is 3.85. The van der Waals surface area contributed by atoms with Gasteiger partial charge in [-0.15, -0.1) is 0 Å². The van der Waals surface area contributed by atoms with Gasteiger partial charge in [-0.05, 0) is 19.1 Å². The summed E-state index contributed by atoms with van der Waals surface area (Å²) >= 11 is 0. The lowest BCUT2D eigenvalue weighted by Gasteiger charge is -2.21. The second-order valence-corrected chi connectivity index (χ2v) is 6.84. The van der Waals surface area contributed by atoms with Crippen LogP contribution in [0.4, 0.5) is 10.1 Å². The number of hydrogen-bond acceptors (Lipinski definition) is 4. The van der Waals surface area contributed by atoms with E-state index in [9.17, 15) is 12.8 Å². The van der Waals surface area contributed by atoms with Crippen LogP contribution in [0.5, 0.6) is 0 Å². The molecule has 0 spiro atoms. The van der Waals surface area contributed by atoms with Crippen LogP contribution in [-0.4, -0.2) is 39.8 Å². The van der Waals surface area contributed by atoms with Crippen LogP contribution in [0.3, 0.4) is 0 Å². The molecule has 0 aliphatic rings. The molecule has 1 heterocycles. The molecule has 1 N–H and O–H groups in total. The molecule has 114 valence electrons. The van der Waals surface area contributed by atoms with Crippen LogP contribution in [-0.2, 0) is 10.0 Å². The van der Waals surface area contributed by atoms with Crippen molar-refractivity contribution in [3.05, 3.63) is 35.8 Å². The quantitative estimate of drug-likeness (QED) is 0.912. The number of para-hydroxylation sites is 1. The van der Waals surface area contributed by atoms with Crippen LogP contribution in [0.25, 0.3) is 10.9 Å². The van der Waals surface area contributed by atoms with E-state index in [2.05, 4.69) is 9.71 Å². The number of sulfonamides is 1. The summed E-state index contributed by atoms with van der Waals surface area (Å²) in [5.74, 6) is -0.361. The fraction of sp³-hybridized carbons (Fsp3) is 0.357. The molecule has 0 radical (unpaired) electrons. The number of hydrogen-bond donors (Lipinski definition) is 1. The van der Waals surface area contributed by atoms with E-state index < -0.39 is 10.0 Å². The summed E-state index contributed by atoms with van der Waals surface area (Å²) in [6.45, 7) is 2.56. The van der Waals surface area contributed by atoms with Gasteiger partial charge in [-0.2, -0.15) is 0 Å². The standard InChI is InChI=1S/C14H18FN3O2S/c1-10-9-13(18(2)8-7-16-21(3,19)20)11-5-4-6-12(15)14(11)17-10/h4-6,9,16H,7-8H2,1-3H3. The Bertz CT molecular complexity index is 762. The topological polar surface area (TPSA) is 62.3 Å². The molecule has 0 aliphatic heterocycles. The molecule has 0 amide bonds. The summed E-state index contributed by atoms with van der Waals surface area (Å²) in [6.07, 6.45) is 1.12. The number of fused-ring (bicyclic) bond motifs is 1. The smallest absolute Gasteiger partial charge is 0.208 e. The van der Waals surface area contributed by atoms with Crippen molar-refractivity contribution in [3.8, 4) is 0 Å². The van der Waals surface area contributed by atoms with Gasteiger partial charge in [0.2, 0.25) is 10.0 Å². The van der Waals surface area contributed by atoms with E-state index in [0.29, 0.717) is 23.1 Å². The summed E-state index contributed by atoms with van der Waals surface area (Å²) in [5, 5.41) is 0.711. The molecule has 2 rings (SSSR count). The zero-order valence-corrected chi connectivity index (χ0v) is 13.0. The summed E-state index contributed by atoms with van der Waals surface area (Å²) in [6, 6.07) is 6.69. The van der Waals surface area contributed by atoms with Crippen LogP contribution in [0.2, 0.25) is 0 Å². The van der Waals surface area contributed by atoms with Crippen molar-refractivity contribution in [2.75, 3.05) is 31.3 Å². The number of nitrogens with zero attached hydrogens (tertiary/aromatic N) is 2. The second kappa shape index (κ2) is 5.95. The van der Waals surface area contributed by atoms with E-state index >= 15 is 0 Å². The lowest BCUT2D eigenvalue weighted by molar-refractivity contribution is 0.588. The Kier molecular flexibility index (Phi) is 4.43. The van der Waals surface area contributed by atoms with Crippen LogP contribution in [0.1, 0.15) is 5.69 Å². The Morgan fingerprint density at radius 1 is 1.38 bits per heavy atom. The van der Waals surface area contributed by atoms with Crippen molar-refractivity contribution in [3.63, 3.8) is 0 Å². The SMILES string of the molecule is Cc1cc(N(C)CCNS(C)(=O)=O)c2cccc(F)c2n1. The number of halogens is 1. The number of benzene rings is 1. The predicted molar refractivity (Wildman–Crippen MR) is 82.6 cm³/mol. The van der Waals surface area contributed by atoms with E-state index in [0.717, 1.165) is 11.9 Å². The summed E-state index contributed by atoms with van der Waals surface area (Å²) < 4.78 is 38.4. The first-order chi connectivity index (χ1) is 9.78. The van der Waals surface area contributed by atoms with E-state index in [1.54, 1.807) is 19.1 Å². The van der Waals surface area contributed by atoms with Gasteiger partial charge in [0.25, 0.3) is 0 Å². The van der Waals surface area contributed by atoms with Gasteiger partial charge < -0.3 is 4.90 Å². The van der Waals surface area contributed by atoms with Crippen LogP contribution >= 0.6 is 0 Å². The zero-order chi connectivity index (χ0) is 15.6. The molecular formula is C14H18FN3O2S. The molecule has 7 heteroatoms. The van der Waals surface area contributed by atoms with Crippen molar-refractivity contribution in [1.29, 1.82) is 0 Å². The molecule has 0 saturated carbocycles. The first kappa shape index (κ1) is 15.7. The first-order valence-electron chi connectivity index (χ1n) is 6.49. The molecule has 0 atom stereocenters. The van der Waals surface area contributed by atoms with Gasteiger partial charge in [-0.25, -0.2) is 22.5 Å². The Balaban J connectivity index is 2.30. The average molecular weight is 311 g/mol. The average Bonchev–Trinajstić information content (AvgIpc) is 2.37. The fourth-order valence-electron chi connectivity index (χ4n) is 2.15. The number of pyridine rings is 1. The van der Waals surface area contributed by atoms with Gasteiger partial charge in [0, 0.05) is 36.9 Å². The molecule has 5 nitrogen and oxygen atoms in total. The second-order valence-electron chi connectivity index (χ2n) is 5.01. The number of rotatable bonds is 5. The largest absolute Gasteiger partial charge is 0.373 e. The minimum Gasteiger partial charge on any atom is -0.373 e. The van der Waals surface area contributed by atoms with Crippen molar-refractivity contribution < 1.29 is 12.8 Å². The van der Waals surface area contributed by atoms with Crippen molar-refractivity contribution in [2.45, 2.75) is 6.92 Å². The Morgan fingerprint density at radius 3 is 2.76 bits per heavy atom. The molecule has 2 aromatic rings. The maximum Gasteiger partial charge on any atom is 0.208 e. The number of anilines is 1. The maximum absolute atomic E-state index is 13.8. The fourth-order valence-corrected chi connectivity index (χ4v) is 2.62. The molecule has 0 saturated heterocycles. The van der Waals surface area contributed by atoms with E-state index in [1.165, 1.54) is 6.07 Å². The number of likely N-dealkylation sites (N-methyl/N-ethyl adjacent to an activating group) is 1. The van der Waals surface area contributed by atoms with Crippen LogP contribution < -0.4 is 9.62 Å². The number of aryl methyl sites for hydroxylation is 1. The molecule has 0 fully saturated rings. The molecule has 0 aliphatic carbocycles. The van der Waals surface area contributed by atoms with E-state index in [-0.39, 0.29) is 12.4 Å². The van der Waals surface area contributed by atoms with Gasteiger partial charge in [0.05, 0.1) is 6.26 Å². The first-order valence-corrected chi connectivity index (χ1v) is 8.39. The third-order valence-electron chi connectivity index (χ3n) is 3.12. The predicted octanol–water partition coefficient (Wildman–Crippen LogP) is 1.67. The van der Waals surface area contributed by atoms with Gasteiger partial charge in [0.1, 0.15) is 11.3 Å². The van der Waals surface area contributed by atoms with Crippen molar-refractivity contribution in [2.24, 2.45) is 0 Å². The number of aromatic nitrogens is 1. The zero-order valence-electron chi connectivity index (χ0n) is 12.2. The van der Waals surface area contributed by atoms with Crippen molar-refractivity contribution in [1.82, 2.24) is 9.71 Å². The molecule has 1 aromatic carbocycles. The van der Waals surface area contributed by atoms with Gasteiger partial charge in [-0.1, -0.05) is 12.1 Å². The summed E-state index contributed by atoms with van der Waals surface area (Å²) in [5.41, 5.74) is 1.87. The van der Waals surface area contributed by atoms with Gasteiger partial charge in [-0.3, -0.25) is 0 Å². The van der Waals surface area contributed by atoms with Gasteiger partial charge >= 0.3 is 0 Å². The summed E-state index contributed by atoms with van der Waals surface area (Å²) in [4.78, 5) is 6.11. The highest BCUT2D eigenvalue weighted by Gasteiger charge is 2.11. The lowest BCUT2D eigenvalue weighted by Crippen LogP contribution is -2.32. The van der Waals surface area contributed by atoms with Crippen molar-refractivity contribution >= 4 is 26.6 Å². The van der Waals surface area contributed by atoms with Gasteiger partial charge in [0.15, 0.2) is 0 Å². The highest BCUT2D eigenvalue weighted by atomic mass is 32.2. The Morgan fingerprint density at radius 2 is 2.10 bits per heavy atom. The Hall–Kier alpha value is -1.73.